The van der Waals surface area contributed by atoms with E-state index in [1.165, 1.54) is 0 Å². The molecule has 2 heterocycles. The second-order valence-corrected chi connectivity index (χ2v) is 3.76. The standard InChI is InChI=1S/C9H16O3/c10-7-8-1-2-9(12-8)3-5-11-6-4-9/h8,10H,1-7H2. The fraction of sp³-hybridized carbons (Fsp3) is 1.00. The summed E-state index contributed by atoms with van der Waals surface area (Å²) in [6.07, 6.45) is 4.20. The Hall–Kier alpha value is -0.120. The van der Waals surface area contributed by atoms with Crippen LogP contribution in [0.4, 0.5) is 0 Å². The van der Waals surface area contributed by atoms with Crippen LogP contribution < -0.4 is 0 Å². The van der Waals surface area contributed by atoms with Gasteiger partial charge in [0.1, 0.15) is 0 Å². The van der Waals surface area contributed by atoms with E-state index >= 15 is 0 Å². The maximum atomic E-state index is 8.92. The molecule has 2 aliphatic rings. The van der Waals surface area contributed by atoms with E-state index in [9.17, 15) is 0 Å². The molecule has 3 nitrogen and oxygen atoms in total. The van der Waals surface area contributed by atoms with Crippen molar-refractivity contribution in [3.63, 3.8) is 0 Å². The van der Waals surface area contributed by atoms with Gasteiger partial charge in [0, 0.05) is 13.2 Å². The number of ether oxygens (including phenoxy) is 2. The quantitative estimate of drug-likeness (QED) is 0.633. The van der Waals surface area contributed by atoms with Crippen molar-refractivity contribution < 1.29 is 14.6 Å². The number of hydrogen-bond donors (Lipinski definition) is 1. The highest BCUT2D eigenvalue weighted by Gasteiger charge is 2.40. The van der Waals surface area contributed by atoms with Gasteiger partial charge < -0.3 is 14.6 Å². The van der Waals surface area contributed by atoms with Crippen LogP contribution in [0.3, 0.4) is 0 Å². The molecule has 0 radical (unpaired) electrons. The number of aliphatic hydroxyl groups is 1. The molecule has 0 saturated carbocycles. The van der Waals surface area contributed by atoms with Crippen molar-refractivity contribution in [2.45, 2.75) is 37.4 Å². The second-order valence-electron chi connectivity index (χ2n) is 3.76. The van der Waals surface area contributed by atoms with Gasteiger partial charge in [-0.15, -0.1) is 0 Å². The van der Waals surface area contributed by atoms with E-state index in [1.807, 2.05) is 0 Å². The van der Waals surface area contributed by atoms with Gasteiger partial charge in [0.15, 0.2) is 0 Å². The zero-order valence-electron chi connectivity index (χ0n) is 7.29. The van der Waals surface area contributed by atoms with Crippen molar-refractivity contribution in [1.82, 2.24) is 0 Å². The molecule has 0 aromatic carbocycles. The molecule has 0 aromatic heterocycles. The van der Waals surface area contributed by atoms with Crippen LogP contribution in [0, 0.1) is 0 Å². The minimum absolute atomic E-state index is 0.0612. The average Bonchev–Trinajstić information content (AvgIpc) is 2.50. The molecule has 1 atom stereocenters. The Bertz CT molecular complexity index is 152. The van der Waals surface area contributed by atoms with Crippen molar-refractivity contribution in [1.29, 1.82) is 0 Å². The first-order chi connectivity index (χ1) is 5.85. The van der Waals surface area contributed by atoms with E-state index in [1.54, 1.807) is 0 Å². The molecule has 70 valence electrons. The summed E-state index contributed by atoms with van der Waals surface area (Å²) in [7, 11) is 0. The first-order valence-electron chi connectivity index (χ1n) is 4.71. The Morgan fingerprint density at radius 1 is 1.25 bits per heavy atom. The van der Waals surface area contributed by atoms with Crippen molar-refractivity contribution in [3.8, 4) is 0 Å². The Morgan fingerprint density at radius 3 is 2.58 bits per heavy atom. The van der Waals surface area contributed by atoms with Crippen LogP contribution in [0.15, 0.2) is 0 Å². The molecule has 2 aliphatic heterocycles. The molecule has 2 saturated heterocycles. The van der Waals surface area contributed by atoms with E-state index in [-0.39, 0.29) is 18.3 Å². The van der Waals surface area contributed by atoms with Gasteiger partial charge in [-0.3, -0.25) is 0 Å². The molecular weight excluding hydrogens is 156 g/mol. The molecule has 1 N–H and O–H groups in total. The summed E-state index contributed by atoms with van der Waals surface area (Å²) in [4.78, 5) is 0. The van der Waals surface area contributed by atoms with Crippen molar-refractivity contribution in [2.75, 3.05) is 19.8 Å². The van der Waals surface area contributed by atoms with Gasteiger partial charge in [0.2, 0.25) is 0 Å². The van der Waals surface area contributed by atoms with E-state index in [4.69, 9.17) is 14.6 Å². The molecular formula is C9H16O3. The van der Waals surface area contributed by atoms with Crippen LogP contribution in [-0.4, -0.2) is 36.6 Å². The SMILES string of the molecule is OCC1CCC2(CCOCC2)O1. The Balaban J connectivity index is 1.94. The molecule has 12 heavy (non-hydrogen) atoms. The van der Waals surface area contributed by atoms with Gasteiger partial charge in [-0.1, -0.05) is 0 Å². The average molecular weight is 172 g/mol. The predicted molar refractivity (Wildman–Crippen MR) is 44.0 cm³/mol. The Morgan fingerprint density at radius 2 is 2.00 bits per heavy atom. The van der Waals surface area contributed by atoms with Gasteiger partial charge in [-0.05, 0) is 25.7 Å². The zero-order chi connectivity index (χ0) is 8.44. The lowest BCUT2D eigenvalue weighted by molar-refractivity contribution is -0.112. The summed E-state index contributed by atoms with van der Waals surface area (Å²) in [5.74, 6) is 0. The third-order valence-electron chi connectivity index (χ3n) is 2.95. The molecule has 2 fully saturated rings. The number of aliphatic hydroxyl groups excluding tert-OH is 1. The van der Waals surface area contributed by atoms with Gasteiger partial charge in [-0.2, -0.15) is 0 Å². The fourth-order valence-electron chi connectivity index (χ4n) is 2.14. The van der Waals surface area contributed by atoms with Gasteiger partial charge in [0.25, 0.3) is 0 Å². The molecule has 0 amide bonds. The Kier molecular flexibility index (Phi) is 2.35. The van der Waals surface area contributed by atoms with Crippen LogP contribution in [0.1, 0.15) is 25.7 Å². The van der Waals surface area contributed by atoms with Gasteiger partial charge in [-0.25, -0.2) is 0 Å². The summed E-state index contributed by atoms with van der Waals surface area (Å²) < 4.78 is 11.1. The predicted octanol–water partition coefficient (Wildman–Crippen LogP) is 0.707. The topological polar surface area (TPSA) is 38.7 Å². The highest BCUT2D eigenvalue weighted by Crippen LogP contribution is 2.37. The summed E-state index contributed by atoms with van der Waals surface area (Å²) in [5.41, 5.74) is 0.0612. The minimum atomic E-state index is 0.0612. The second kappa shape index (κ2) is 3.32. The normalized spacial score (nSPS) is 34.2. The van der Waals surface area contributed by atoms with E-state index in [2.05, 4.69) is 0 Å². The number of hydrogen-bond acceptors (Lipinski definition) is 3. The van der Waals surface area contributed by atoms with Gasteiger partial charge >= 0.3 is 0 Å². The van der Waals surface area contributed by atoms with Crippen LogP contribution in [0.2, 0.25) is 0 Å². The lowest BCUT2D eigenvalue weighted by Gasteiger charge is -2.33. The number of rotatable bonds is 1. The largest absolute Gasteiger partial charge is 0.394 e. The maximum Gasteiger partial charge on any atom is 0.0814 e. The lowest BCUT2D eigenvalue weighted by atomic mass is 9.91. The minimum Gasteiger partial charge on any atom is -0.394 e. The molecule has 3 heteroatoms. The van der Waals surface area contributed by atoms with Crippen LogP contribution in [0.25, 0.3) is 0 Å². The first kappa shape index (κ1) is 8.48. The summed E-state index contributed by atoms with van der Waals surface area (Å²) in [6, 6.07) is 0. The monoisotopic (exact) mass is 172 g/mol. The zero-order valence-corrected chi connectivity index (χ0v) is 7.29. The van der Waals surface area contributed by atoms with Crippen LogP contribution in [0.5, 0.6) is 0 Å². The van der Waals surface area contributed by atoms with Crippen molar-refractivity contribution in [2.24, 2.45) is 0 Å². The molecule has 2 rings (SSSR count). The Labute approximate surface area is 72.7 Å². The van der Waals surface area contributed by atoms with E-state index in [0.717, 1.165) is 38.9 Å². The van der Waals surface area contributed by atoms with Crippen molar-refractivity contribution in [3.05, 3.63) is 0 Å². The third-order valence-corrected chi connectivity index (χ3v) is 2.95. The molecule has 0 aliphatic carbocycles. The molecule has 1 unspecified atom stereocenters. The van der Waals surface area contributed by atoms with Crippen LogP contribution in [-0.2, 0) is 9.47 Å². The summed E-state index contributed by atoms with van der Waals surface area (Å²) in [6.45, 7) is 1.80. The fourth-order valence-corrected chi connectivity index (χ4v) is 2.14. The molecule has 1 spiro atoms. The van der Waals surface area contributed by atoms with E-state index in [0.29, 0.717) is 0 Å². The van der Waals surface area contributed by atoms with Crippen LogP contribution >= 0.6 is 0 Å². The highest BCUT2D eigenvalue weighted by atomic mass is 16.5. The van der Waals surface area contributed by atoms with Crippen molar-refractivity contribution >= 4 is 0 Å². The first-order valence-corrected chi connectivity index (χ1v) is 4.71. The smallest absolute Gasteiger partial charge is 0.0814 e. The van der Waals surface area contributed by atoms with E-state index < -0.39 is 0 Å². The van der Waals surface area contributed by atoms with Gasteiger partial charge in [0.05, 0.1) is 18.3 Å². The molecule has 0 aromatic rings. The maximum absolute atomic E-state index is 8.92. The third kappa shape index (κ3) is 1.49. The highest BCUT2D eigenvalue weighted by molar-refractivity contribution is 4.90. The molecule has 0 bridgehead atoms. The lowest BCUT2D eigenvalue weighted by Crippen LogP contribution is -2.36. The summed E-state index contributed by atoms with van der Waals surface area (Å²) >= 11 is 0. The summed E-state index contributed by atoms with van der Waals surface area (Å²) in [5, 5.41) is 8.92.